The highest BCUT2D eigenvalue weighted by molar-refractivity contribution is 7.90. The number of pyridine rings is 1. The average molecular weight is 273 g/mol. The lowest BCUT2D eigenvalue weighted by atomic mass is 10.2. The highest BCUT2D eigenvalue weighted by Crippen LogP contribution is 2.21. The molecule has 100 valence electrons. The normalized spacial score (nSPS) is 13.0. The van der Waals surface area contributed by atoms with Crippen molar-refractivity contribution in [2.24, 2.45) is 0 Å². The first-order chi connectivity index (χ1) is 8.29. The standard InChI is InChI=1S/C10H15N3O4S/c1-8(5-7-18(2,16)17)12-10-9(13(14)15)4-3-6-11-10/h3-4,6,8H,5,7H2,1-2H3,(H,11,12). The van der Waals surface area contributed by atoms with E-state index >= 15 is 0 Å². The average Bonchev–Trinajstić information content (AvgIpc) is 2.26. The first-order valence-corrected chi connectivity index (χ1v) is 7.39. The summed E-state index contributed by atoms with van der Waals surface area (Å²) in [6, 6.07) is 2.61. The molecule has 7 nitrogen and oxygen atoms in total. The zero-order valence-electron chi connectivity index (χ0n) is 10.2. The quantitative estimate of drug-likeness (QED) is 0.617. The molecule has 18 heavy (non-hydrogen) atoms. The molecule has 0 amide bonds. The Morgan fingerprint density at radius 3 is 2.78 bits per heavy atom. The molecule has 0 aliphatic carbocycles. The van der Waals surface area contributed by atoms with Crippen LogP contribution in [0.1, 0.15) is 13.3 Å². The van der Waals surface area contributed by atoms with Gasteiger partial charge in [-0.15, -0.1) is 0 Å². The second-order valence-electron chi connectivity index (χ2n) is 4.09. The summed E-state index contributed by atoms with van der Waals surface area (Å²) < 4.78 is 22.0. The number of nitrogens with one attached hydrogen (secondary N) is 1. The van der Waals surface area contributed by atoms with Gasteiger partial charge in [-0.1, -0.05) is 0 Å². The zero-order chi connectivity index (χ0) is 13.8. The van der Waals surface area contributed by atoms with Gasteiger partial charge in [-0.2, -0.15) is 0 Å². The molecule has 1 N–H and O–H groups in total. The number of sulfone groups is 1. The van der Waals surface area contributed by atoms with E-state index in [0.29, 0.717) is 6.42 Å². The highest BCUT2D eigenvalue weighted by atomic mass is 32.2. The number of nitrogens with zero attached hydrogens (tertiary/aromatic N) is 2. The van der Waals surface area contributed by atoms with Crippen molar-refractivity contribution in [3.63, 3.8) is 0 Å². The predicted octanol–water partition coefficient (Wildman–Crippen LogP) is 1.22. The van der Waals surface area contributed by atoms with Crippen molar-refractivity contribution < 1.29 is 13.3 Å². The van der Waals surface area contributed by atoms with Crippen molar-refractivity contribution in [1.29, 1.82) is 0 Å². The molecule has 1 aromatic rings. The number of nitro groups is 1. The minimum Gasteiger partial charge on any atom is -0.362 e. The first-order valence-electron chi connectivity index (χ1n) is 5.33. The Morgan fingerprint density at radius 1 is 1.56 bits per heavy atom. The Labute approximate surface area is 105 Å². The third-order valence-electron chi connectivity index (χ3n) is 2.29. The minimum atomic E-state index is -3.03. The van der Waals surface area contributed by atoms with Crippen molar-refractivity contribution in [3.8, 4) is 0 Å². The van der Waals surface area contributed by atoms with Gasteiger partial charge in [-0.05, 0) is 19.4 Å². The molecule has 0 bridgehead atoms. The third-order valence-corrected chi connectivity index (χ3v) is 3.27. The van der Waals surface area contributed by atoms with Crippen molar-refractivity contribution in [3.05, 3.63) is 28.4 Å². The van der Waals surface area contributed by atoms with Crippen molar-refractivity contribution in [1.82, 2.24) is 4.98 Å². The summed E-state index contributed by atoms with van der Waals surface area (Å²) in [5, 5.41) is 13.6. The maximum absolute atomic E-state index is 11.0. The van der Waals surface area contributed by atoms with Crippen LogP contribution < -0.4 is 5.32 Å². The molecular weight excluding hydrogens is 258 g/mol. The van der Waals surface area contributed by atoms with Crippen molar-refractivity contribution in [2.75, 3.05) is 17.3 Å². The van der Waals surface area contributed by atoms with Crippen LogP contribution in [0.25, 0.3) is 0 Å². The summed E-state index contributed by atoms with van der Waals surface area (Å²) in [6.07, 6.45) is 2.97. The number of hydrogen-bond donors (Lipinski definition) is 1. The lowest BCUT2D eigenvalue weighted by molar-refractivity contribution is -0.384. The zero-order valence-corrected chi connectivity index (χ0v) is 11.0. The van der Waals surface area contributed by atoms with Crippen LogP contribution in [0.15, 0.2) is 18.3 Å². The third kappa shape index (κ3) is 4.66. The molecule has 1 heterocycles. The maximum atomic E-state index is 11.0. The van der Waals surface area contributed by atoms with Crippen LogP contribution in [0.2, 0.25) is 0 Å². The van der Waals surface area contributed by atoms with Crippen LogP contribution in [-0.2, 0) is 9.84 Å². The molecule has 0 spiro atoms. The molecule has 0 fully saturated rings. The topological polar surface area (TPSA) is 102 Å². The van der Waals surface area contributed by atoms with Crippen LogP contribution in [-0.4, -0.2) is 36.4 Å². The van der Waals surface area contributed by atoms with E-state index in [1.807, 2.05) is 0 Å². The molecule has 1 unspecified atom stereocenters. The molecule has 8 heteroatoms. The maximum Gasteiger partial charge on any atom is 0.311 e. The second kappa shape index (κ2) is 5.76. The number of rotatable bonds is 6. The van der Waals surface area contributed by atoms with Gasteiger partial charge in [0.25, 0.3) is 0 Å². The van der Waals surface area contributed by atoms with Gasteiger partial charge in [0, 0.05) is 24.6 Å². The van der Waals surface area contributed by atoms with Gasteiger partial charge >= 0.3 is 5.69 Å². The summed E-state index contributed by atoms with van der Waals surface area (Å²) in [5.41, 5.74) is -0.122. The summed E-state index contributed by atoms with van der Waals surface area (Å²) >= 11 is 0. The number of hydrogen-bond acceptors (Lipinski definition) is 6. The monoisotopic (exact) mass is 273 g/mol. The summed E-state index contributed by atoms with van der Waals surface area (Å²) in [4.78, 5) is 14.1. The Hall–Kier alpha value is -1.70. The molecule has 1 aromatic heterocycles. The van der Waals surface area contributed by atoms with E-state index < -0.39 is 14.8 Å². The Bertz CT molecular complexity index is 530. The van der Waals surface area contributed by atoms with Crippen molar-refractivity contribution >= 4 is 21.3 Å². The summed E-state index contributed by atoms with van der Waals surface area (Å²) in [5.74, 6) is 0.186. The van der Waals surface area contributed by atoms with Crippen LogP contribution in [0.3, 0.4) is 0 Å². The van der Waals surface area contributed by atoms with E-state index in [1.165, 1.54) is 18.3 Å². The fourth-order valence-electron chi connectivity index (χ4n) is 1.35. The molecule has 0 aliphatic heterocycles. The van der Waals surface area contributed by atoms with E-state index in [4.69, 9.17) is 0 Å². The summed E-state index contributed by atoms with van der Waals surface area (Å²) in [7, 11) is -3.03. The number of aromatic nitrogens is 1. The van der Waals surface area contributed by atoms with E-state index in [1.54, 1.807) is 6.92 Å². The van der Waals surface area contributed by atoms with Crippen LogP contribution in [0.4, 0.5) is 11.5 Å². The largest absolute Gasteiger partial charge is 0.362 e. The van der Waals surface area contributed by atoms with E-state index in [9.17, 15) is 18.5 Å². The molecule has 0 aromatic carbocycles. The van der Waals surface area contributed by atoms with E-state index in [2.05, 4.69) is 10.3 Å². The summed E-state index contributed by atoms with van der Waals surface area (Å²) in [6.45, 7) is 1.75. The molecule has 1 atom stereocenters. The van der Waals surface area contributed by atoms with Gasteiger partial charge in [-0.3, -0.25) is 10.1 Å². The first kappa shape index (κ1) is 14.4. The Morgan fingerprint density at radius 2 is 2.22 bits per heavy atom. The molecule has 0 radical (unpaired) electrons. The smallest absolute Gasteiger partial charge is 0.311 e. The van der Waals surface area contributed by atoms with Gasteiger partial charge in [-0.25, -0.2) is 13.4 Å². The molecule has 0 aliphatic rings. The van der Waals surface area contributed by atoms with E-state index in [0.717, 1.165) is 6.26 Å². The predicted molar refractivity (Wildman–Crippen MR) is 68.3 cm³/mol. The molecule has 0 saturated carbocycles. The minimum absolute atomic E-state index is 0.0296. The lowest BCUT2D eigenvalue weighted by Gasteiger charge is -2.13. The lowest BCUT2D eigenvalue weighted by Crippen LogP contribution is -2.20. The SMILES string of the molecule is CC(CCS(C)(=O)=O)Nc1ncccc1[N+](=O)[O-]. The highest BCUT2D eigenvalue weighted by Gasteiger charge is 2.16. The van der Waals surface area contributed by atoms with Gasteiger partial charge in [0.2, 0.25) is 5.82 Å². The number of anilines is 1. The molecular formula is C10H15N3O4S. The van der Waals surface area contributed by atoms with Gasteiger partial charge in [0.1, 0.15) is 9.84 Å². The molecule has 1 rings (SSSR count). The van der Waals surface area contributed by atoms with Gasteiger partial charge in [0.05, 0.1) is 10.7 Å². The van der Waals surface area contributed by atoms with Gasteiger partial charge < -0.3 is 5.32 Å². The molecule has 0 saturated heterocycles. The fraction of sp³-hybridized carbons (Fsp3) is 0.500. The Kier molecular flexibility index (Phi) is 4.60. The van der Waals surface area contributed by atoms with E-state index in [-0.39, 0.29) is 23.3 Å². The van der Waals surface area contributed by atoms with Crippen molar-refractivity contribution in [2.45, 2.75) is 19.4 Å². The van der Waals surface area contributed by atoms with Crippen LogP contribution >= 0.6 is 0 Å². The second-order valence-corrected chi connectivity index (χ2v) is 6.35. The van der Waals surface area contributed by atoms with Gasteiger partial charge in [0.15, 0.2) is 0 Å². The van der Waals surface area contributed by atoms with Crippen LogP contribution in [0.5, 0.6) is 0 Å². The van der Waals surface area contributed by atoms with Crippen LogP contribution in [0, 0.1) is 10.1 Å². The Balaban J connectivity index is 2.70. The fourth-order valence-corrected chi connectivity index (χ4v) is 2.13.